The van der Waals surface area contributed by atoms with Crippen LogP contribution in [0.3, 0.4) is 0 Å². The van der Waals surface area contributed by atoms with Crippen molar-refractivity contribution >= 4 is 21.7 Å². The van der Waals surface area contributed by atoms with Gasteiger partial charge in [0.05, 0.1) is 0 Å². The van der Waals surface area contributed by atoms with Crippen LogP contribution in [0.15, 0.2) is 41.3 Å². The predicted molar refractivity (Wildman–Crippen MR) is 101 cm³/mol. The third-order valence-electron chi connectivity index (χ3n) is 4.61. The Hall–Kier alpha value is -2.34. The van der Waals surface area contributed by atoms with Gasteiger partial charge in [0.25, 0.3) is 0 Å². The van der Waals surface area contributed by atoms with Gasteiger partial charge in [-0.2, -0.15) is 8.42 Å². The van der Waals surface area contributed by atoms with Crippen LogP contribution in [0.4, 0.5) is 5.69 Å². The number of carbonyl (C=O) groups is 1. The molecule has 0 N–H and O–H groups in total. The van der Waals surface area contributed by atoms with Crippen molar-refractivity contribution in [3.8, 4) is 5.75 Å². The fourth-order valence-electron chi connectivity index (χ4n) is 3.22. The van der Waals surface area contributed by atoms with Crippen LogP contribution in [0.2, 0.25) is 0 Å². The summed E-state index contributed by atoms with van der Waals surface area (Å²) >= 11 is 0. The van der Waals surface area contributed by atoms with E-state index in [0.717, 1.165) is 22.4 Å². The molecule has 0 aliphatic carbocycles. The summed E-state index contributed by atoms with van der Waals surface area (Å²) in [6.07, 6.45) is 0.639. The largest absolute Gasteiger partial charge is 0.379 e. The van der Waals surface area contributed by atoms with Crippen molar-refractivity contribution in [2.24, 2.45) is 0 Å². The van der Waals surface area contributed by atoms with Crippen LogP contribution in [0.1, 0.15) is 43.4 Å². The Labute approximate surface area is 154 Å². The van der Waals surface area contributed by atoms with Crippen molar-refractivity contribution in [3.05, 3.63) is 53.1 Å². The van der Waals surface area contributed by atoms with Gasteiger partial charge in [-0.1, -0.05) is 26.0 Å². The molecule has 2 aromatic rings. The second-order valence-corrected chi connectivity index (χ2v) is 8.49. The quantitative estimate of drug-likeness (QED) is 0.765. The highest BCUT2D eigenvalue weighted by atomic mass is 32.2. The van der Waals surface area contributed by atoms with Crippen molar-refractivity contribution in [1.82, 2.24) is 0 Å². The smallest absolute Gasteiger partial charge is 0.339 e. The minimum atomic E-state index is -3.95. The summed E-state index contributed by atoms with van der Waals surface area (Å²) < 4.78 is 31.1. The predicted octanol–water partition coefficient (Wildman–Crippen LogP) is 3.80. The van der Waals surface area contributed by atoms with E-state index < -0.39 is 10.1 Å². The molecule has 0 saturated heterocycles. The van der Waals surface area contributed by atoms with Gasteiger partial charge in [0.1, 0.15) is 10.6 Å². The molecule has 0 bridgehead atoms. The maximum Gasteiger partial charge on any atom is 0.339 e. The summed E-state index contributed by atoms with van der Waals surface area (Å²) in [7, 11) is -3.95. The van der Waals surface area contributed by atoms with E-state index in [2.05, 4.69) is 0 Å². The number of amides is 1. The van der Waals surface area contributed by atoms with Crippen LogP contribution in [0, 0.1) is 6.92 Å². The average Bonchev–Trinajstić information content (AvgIpc) is 2.97. The topological polar surface area (TPSA) is 63.7 Å². The van der Waals surface area contributed by atoms with Gasteiger partial charge in [-0.3, -0.25) is 4.79 Å². The maximum atomic E-state index is 12.8. The van der Waals surface area contributed by atoms with Crippen LogP contribution in [-0.2, 0) is 21.3 Å². The summed E-state index contributed by atoms with van der Waals surface area (Å²) in [6.45, 7) is 7.97. The monoisotopic (exact) mass is 373 g/mol. The lowest BCUT2D eigenvalue weighted by Gasteiger charge is -2.16. The summed E-state index contributed by atoms with van der Waals surface area (Å²) in [5.41, 5.74) is 3.40. The number of hydrogen-bond acceptors (Lipinski definition) is 4. The molecule has 0 radical (unpaired) electrons. The number of hydrogen-bond donors (Lipinski definition) is 0. The standard InChI is InChI=1S/C20H23NO4S/c1-13(2)18-7-5-14(3)11-20(18)25-26(23,24)17-6-8-19-16(12-17)9-10-21(19)15(4)22/h5-8,11-13H,9-10H2,1-4H3. The van der Waals surface area contributed by atoms with E-state index in [0.29, 0.717) is 18.7 Å². The number of aryl methyl sites for hydroxylation is 1. The molecule has 6 heteroatoms. The van der Waals surface area contributed by atoms with E-state index in [4.69, 9.17) is 4.18 Å². The molecule has 5 nitrogen and oxygen atoms in total. The normalized spacial score (nSPS) is 13.8. The van der Waals surface area contributed by atoms with Gasteiger partial charge in [-0.05, 0) is 60.2 Å². The van der Waals surface area contributed by atoms with E-state index in [1.165, 1.54) is 13.0 Å². The summed E-state index contributed by atoms with van der Waals surface area (Å²) in [6, 6.07) is 10.4. The number of fused-ring (bicyclic) bond motifs is 1. The lowest BCUT2D eigenvalue weighted by Crippen LogP contribution is -2.25. The molecule has 138 valence electrons. The Morgan fingerprint density at radius 1 is 1.15 bits per heavy atom. The van der Waals surface area contributed by atoms with Crippen LogP contribution >= 0.6 is 0 Å². The Bertz CT molecular complexity index is 964. The Kier molecular flexibility index (Phi) is 4.80. The molecule has 3 rings (SSSR count). The summed E-state index contributed by atoms with van der Waals surface area (Å²) in [5, 5.41) is 0. The first kappa shape index (κ1) is 18.5. The second-order valence-electron chi connectivity index (χ2n) is 6.94. The van der Waals surface area contributed by atoms with Gasteiger partial charge in [0.2, 0.25) is 5.91 Å². The van der Waals surface area contributed by atoms with E-state index in [1.807, 2.05) is 32.9 Å². The third kappa shape index (κ3) is 3.46. The highest BCUT2D eigenvalue weighted by Crippen LogP contribution is 2.33. The van der Waals surface area contributed by atoms with E-state index >= 15 is 0 Å². The fraction of sp³-hybridized carbons (Fsp3) is 0.350. The first-order valence-corrected chi connectivity index (χ1v) is 10.1. The summed E-state index contributed by atoms with van der Waals surface area (Å²) in [5.74, 6) is 0.466. The van der Waals surface area contributed by atoms with E-state index in [1.54, 1.807) is 23.1 Å². The lowest BCUT2D eigenvalue weighted by atomic mass is 10.0. The molecule has 0 fully saturated rings. The van der Waals surface area contributed by atoms with E-state index in [9.17, 15) is 13.2 Å². The molecule has 1 aliphatic rings. The third-order valence-corrected chi connectivity index (χ3v) is 5.84. The van der Waals surface area contributed by atoms with Crippen LogP contribution < -0.4 is 9.08 Å². The number of anilines is 1. The molecule has 1 aliphatic heterocycles. The molecular formula is C20H23NO4S. The Morgan fingerprint density at radius 3 is 2.54 bits per heavy atom. The minimum Gasteiger partial charge on any atom is -0.379 e. The molecule has 1 amide bonds. The second kappa shape index (κ2) is 6.76. The van der Waals surface area contributed by atoms with Crippen molar-refractivity contribution in [2.75, 3.05) is 11.4 Å². The lowest BCUT2D eigenvalue weighted by molar-refractivity contribution is -0.116. The number of carbonyl (C=O) groups excluding carboxylic acids is 1. The molecule has 2 aromatic carbocycles. The Morgan fingerprint density at radius 2 is 1.88 bits per heavy atom. The van der Waals surface area contributed by atoms with Gasteiger partial charge in [-0.15, -0.1) is 0 Å². The molecule has 0 unspecified atom stereocenters. The zero-order valence-electron chi connectivity index (χ0n) is 15.4. The number of rotatable bonds is 4. The Balaban J connectivity index is 1.96. The molecule has 0 saturated carbocycles. The minimum absolute atomic E-state index is 0.0445. The van der Waals surface area contributed by atoms with E-state index in [-0.39, 0.29) is 16.7 Å². The van der Waals surface area contributed by atoms with Crippen LogP contribution in [-0.4, -0.2) is 20.9 Å². The molecule has 0 spiro atoms. The SMILES string of the molecule is CC(=O)N1CCc2cc(S(=O)(=O)Oc3cc(C)ccc3C(C)C)ccc21. The van der Waals surface area contributed by atoms with Crippen molar-refractivity contribution in [2.45, 2.75) is 44.9 Å². The van der Waals surface area contributed by atoms with Crippen LogP contribution in [0.5, 0.6) is 5.75 Å². The van der Waals surface area contributed by atoms with Gasteiger partial charge >= 0.3 is 10.1 Å². The van der Waals surface area contributed by atoms with Crippen LogP contribution in [0.25, 0.3) is 0 Å². The molecule has 26 heavy (non-hydrogen) atoms. The molecule has 0 atom stereocenters. The number of benzene rings is 2. The van der Waals surface area contributed by atoms with Crippen molar-refractivity contribution < 1.29 is 17.4 Å². The van der Waals surface area contributed by atoms with Crippen molar-refractivity contribution in [1.29, 1.82) is 0 Å². The summed E-state index contributed by atoms with van der Waals surface area (Å²) in [4.78, 5) is 13.4. The van der Waals surface area contributed by atoms with Gasteiger partial charge in [-0.25, -0.2) is 0 Å². The number of nitrogens with zero attached hydrogens (tertiary/aromatic N) is 1. The zero-order chi connectivity index (χ0) is 19.1. The first-order chi connectivity index (χ1) is 12.2. The van der Waals surface area contributed by atoms with Gasteiger partial charge in [0, 0.05) is 19.2 Å². The molecule has 1 heterocycles. The first-order valence-electron chi connectivity index (χ1n) is 8.65. The average molecular weight is 373 g/mol. The molecule has 0 aromatic heterocycles. The van der Waals surface area contributed by atoms with Gasteiger partial charge < -0.3 is 9.08 Å². The maximum absolute atomic E-state index is 12.8. The van der Waals surface area contributed by atoms with Crippen molar-refractivity contribution in [3.63, 3.8) is 0 Å². The zero-order valence-corrected chi connectivity index (χ0v) is 16.3. The fourth-order valence-corrected chi connectivity index (χ4v) is 4.22. The highest BCUT2D eigenvalue weighted by Gasteiger charge is 2.26. The molecular weight excluding hydrogens is 350 g/mol. The van der Waals surface area contributed by atoms with Gasteiger partial charge in [0.15, 0.2) is 0 Å². The highest BCUT2D eigenvalue weighted by molar-refractivity contribution is 7.87.